The molecule has 0 amide bonds. The van der Waals surface area contributed by atoms with Gasteiger partial charge in [-0.1, -0.05) is 25.5 Å². The summed E-state index contributed by atoms with van der Waals surface area (Å²) in [6, 6.07) is 9.15. The van der Waals surface area contributed by atoms with Crippen molar-refractivity contribution < 1.29 is 4.74 Å². The highest BCUT2D eigenvalue weighted by Crippen LogP contribution is 2.33. The van der Waals surface area contributed by atoms with Gasteiger partial charge in [0.2, 0.25) is 0 Å². The molecule has 2 nitrogen and oxygen atoms in total. The van der Waals surface area contributed by atoms with E-state index >= 15 is 0 Å². The Kier molecular flexibility index (Phi) is 5.26. The lowest BCUT2D eigenvalue weighted by molar-refractivity contribution is 0.351. The Bertz CT molecular complexity index is 373. The van der Waals surface area contributed by atoms with Crippen LogP contribution < -0.4 is 10.1 Å². The summed E-state index contributed by atoms with van der Waals surface area (Å²) in [4.78, 5) is 0. The van der Waals surface area contributed by atoms with E-state index in [1.807, 2.05) is 0 Å². The van der Waals surface area contributed by atoms with Crippen molar-refractivity contribution in [1.82, 2.24) is 5.32 Å². The first-order valence-electron chi connectivity index (χ1n) is 7.53. The van der Waals surface area contributed by atoms with Gasteiger partial charge in [0.15, 0.2) is 0 Å². The summed E-state index contributed by atoms with van der Waals surface area (Å²) in [5.41, 5.74) is 1.41. The van der Waals surface area contributed by atoms with Gasteiger partial charge in [-0.25, -0.2) is 0 Å². The van der Waals surface area contributed by atoms with E-state index in [1.54, 1.807) is 7.11 Å². The number of hydrogen-bond acceptors (Lipinski definition) is 2. The maximum Gasteiger partial charge on any atom is 0.118 e. The minimum Gasteiger partial charge on any atom is -0.497 e. The minimum absolute atomic E-state index is 0.673. The first kappa shape index (κ1) is 14.4. The Labute approximate surface area is 117 Å². The summed E-state index contributed by atoms with van der Waals surface area (Å²) in [7, 11) is 3.83. The van der Waals surface area contributed by atoms with Crippen LogP contribution in [-0.4, -0.2) is 20.2 Å². The van der Waals surface area contributed by atoms with Crippen molar-refractivity contribution >= 4 is 0 Å². The molecule has 0 spiro atoms. The highest BCUT2D eigenvalue weighted by molar-refractivity contribution is 5.27. The van der Waals surface area contributed by atoms with Crippen LogP contribution in [0.25, 0.3) is 0 Å². The summed E-state index contributed by atoms with van der Waals surface area (Å²) in [6.45, 7) is 2.39. The Morgan fingerprint density at radius 3 is 2.53 bits per heavy atom. The normalized spacial score (nSPS) is 24.4. The average molecular weight is 261 g/mol. The van der Waals surface area contributed by atoms with Crippen LogP contribution in [0.4, 0.5) is 0 Å². The molecule has 1 saturated carbocycles. The standard InChI is InChI=1S/C17H27NO/c1-13-4-8-15(12-13)17(18-2)11-7-14-5-9-16(19-3)10-6-14/h5-6,9-10,13,15,17-18H,4,7-8,11-12H2,1-3H3. The largest absolute Gasteiger partial charge is 0.497 e. The lowest BCUT2D eigenvalue weighted by Gasteiger charge is -2.23. The van der Waals surface area contributed by atoms with E-state index in [0.29, 0.717) is 6.04 Å². The number of methoxy groups -OCH3 is 1. The van der Waals surface area contributed by atoms with E-state index in [0.717, 1.165) is 24.0 Å². The number of nitrogens with one attached hydrogen (secondary N) is 1. The first-order valence-corrected chi connectivity index (χ1v) is 7.53. The van der Waals surface area contributed by atoms with Crippen molar-refractivity contribution in [3.8, 4) is 5.75 Å². The monoisotopic (exact) mass is 261 g/mol. The lowest BCUT2D eigenvalue weighted by atomic mass is 9.92. The second kappa shape index (κ2) is 6.95. The fourth-order valence-electron chi connectivity index (χ4n) is 3.35. The van der Waals surface area contributed by atoms with Crippen molar-refractivity contribution in [2.45, 2.75) is 45.1 Å². The van der Waals surface area contributed by atoms with E-state index in [2.05, 4.69) is 43.6 Å². The topological polar surface area (TPSA) is 21.3 Å². The number of rotatable bonds is 6. The Balaban J connectivity index is 1.85. The van der Waals surface area contributed by atoms with Crippen molar-refractivity contribution in [2.75, 3.05) is 14.2 Å². The molecule has 1 fully saturated rings. The molecule has 0 bridgehead atoms. The molecule has 1 aliphatic rings. The molecule has 1 aliphatic carbocycles. The van der Waals surface area contributed by atoms with Gasteiger partial charge in [-0.15, -0.1) is 0 Å². The van der Waals surface area contributed by atoms with Gasteiger partial charge in [0.05, 0.1) is 7.11 Å². The van der Waals surface area contributed by atoms with E-state index < -0.39 is 0 Å². The minimum atomic E-state index is 0.673. The maximum atomic E-state index is 5.20. The molecule has 19 heavy (non-hydrogen) atoms. The molecular weight excluding hydrogens is 234 g/mol. The predicted octanol–water partition coefficient (Wildman–Crippen LogP) is 3.65. The third kappa shape index (κ3) is 3.97. The van der Waals surface area contributed by atoms with Crippen LogP contribution in [-0.2, 0) is 6.42 Å². The molecule has 0 radical (unpaired) electrons. The summed E-state index contributed by atoms with van der Waals surface area (Å²) in [5, 5.41) is 3.53. The Morgan fingerprint density at radius 2 is 2.00 bits per heavy atom. The number of benzene rings is 1. The number of aryl methyl sites for hydroxylation is 1. The van der Waals surface area contributed by atoms with Crippen molar-refractivity contribution in [3.63, 3.8) is 0 Å². The Morgan fingerprint density at radius 1 is 1.26 bits per heavy atom. The third-order valence-electron chi connectivity index (χ3n) is 4.58. The van der Waals surface area contributed by atoms with Gasteiger partial charge in [-0.05, 0) is 62.3 Å². The third-order valence-corrected chi connectivity index (χ3v) is 4.58. The van der Waals surface area contributed by atoms with Crippen molar-refractivity contribution in [2.24, 2.45) is 11.8 Å². The zero-order chi connectivity index (χ0) is 13.7. The van der Waals surface area contributed by atoms with Gasteiger partial charge < -0.3 is 10.1 Å². The molecule has 1 aromatic rings. The van der Waals surface area contributed by atoms with Gasteiger partial charge >= 0.3 is 0 Å². The van der Waals surface area contributed by atoms with Crippen LogP contribution in [0.1, 0.15) is 38.2 Å². The highest BCUT2D eigenvalue weighted by atomic mass is 16.5. The molecule has 1 aromatic carbocycles. The summed E-state index contributed by atoms with van der Waals surface area (Å²) < 4.78 is 5.20. The van der Waals surface area contributed by atoms with Crippen LogP contribution in [0.5, 0.6) is 5.75 Å². The fraction of sp³-hybridized carbons (Fsp3) is 0.647. The molecule has 0 aromatic heterocycles. The first-order chi connectivity index (χ1) is 9.22. The van der Waals surface area contributed by atoms with Crippen LogP contribution in [0.15, 0.2) is 24.3 Å². The van der Waals surface area contributed by atoms with E-state index in [4.69, 9.17) is 4.74 Å². The predicted molar refractivity (Wildman–Crippen MR) is 80.7 cm³/mol. The van der Waals surface area contributed by atoms with Crippen LogP contribution >= 0.6 is 0 Å². The summed E-state index contributed by atoms with van der Waals surface area (Å²) >= 11 is 0. The van der Waals surface area contributed by atoms with Crippen LogP contribution in [0.3, 0.4) is 0 Å². The fourth-order valence-corrected chi connectivity index (χ4v) is 3.35. The molecule has 2 heteroatoms. The van der Waals surface area contributed by atoms with Gasteiger partial charge in [-0.2, -0.15) is 0 Å². The zero-order valence-corrected chi connectivity index (χ0v) is 12.5. The maximum absolute atomic E-state index is 5.20. The van der Waals surface area contributed by atoms with Crippen LogP contribution in [0.2, 0.25) is 0 Å². The van der Waals surface area contributed by atoms with Crippen LogP contribution in [0, 0.1) is 11.8 Å². The van der Waals surface area contributed by atoms with Gasteiger partial charge in [0.25, 0.3) is 0 Å². The van der Waals surface area contributed by atoms with Gasteiger partial charge in [0.1, 0.15) is 5.75 Å². The molecular formula is C17H27NO. The molecule has 1 N–H and O–H groups in total. The van der Waals surface area contributed by atoms with E-state index in [9.17, 15) is 0 Å². The SMILES string of the molecule is CNC(CCc1ccc(OC)cc1)C1CCC(C)C1. The zero-order valence-electron chi connectivity index (χ0n) is 12.5. The van der Waals surface area contributed by atoms with Gasteiger partial charge in [-0.3, -0.25) is 0 Å². The number of hydrogen-bond donors (Lipinski definition) is 1. The molecule has 3 atom stereocenters. The van der Waals surface area contributed by atoms with Gasteiger partial charge in [0, 0.05) is 6.04 Å². The van der Waals surface area contributed by atoms with Crippen molar-refractivity contribution in [3.05, 3.63) is 29.8 Å². The second-order valence-corrected chi connectivity index (χ2v) is 5.96. The second-order valence-electron chi connectivity index (χ2n) is 5.96. The van der Waals surface area contributed by atoms with E-state index in [-0.39, 0.29) is 0 Å². The summed E-state index contributed by atoms with van der Waals surface area (Å²) in [6.07, 6.45) is 6.59. The average Bonchev–Trinajstić information content (AvgIpc) is 2.87. The molecule has 0 heterocycles. The smallest absolute Gasteiger partial charge is 0.118 e. The molecule has 0 aliphatic heterocycles. The summed E-state index contributed by atoms with van der Waals surface area (Å²) in [5.74, 6) is 2.73. The van der Waals surface area contributed by atoms with Crippen molar-refractivity contribution in [1.29, 1.82) is 0 Å². The molecule has 2 rings (SSSR count). The Hall–Kier alpha value is -1.02. The molecule has 3 unspecified atom stereocenters. The number of ether oxygens (including phenoxy) is 1. The van der Waals surface area contributed by atoms with E-state index in [1.165, 1.54) is 31.2 Å². The molecule has 0 saturated heterocycles. The lowest BCUT2D eigenvalue weighted by Crippen LogP contribution is -2.32. The quantitative estimate of drug-likeness (QED) is 0.844. The molecule has 106 valence electrons. The highest BCUT2D eigenvalue weighted by Gasteiger charge is 2.27.